The lowest BCUT2D eigenvalue weighted by molar-refractivity contribution is -0.135. The minimum Gasteiger partial charge on any atom is -0.393 e. The van der Waals surface area contributed by atoms with Crippen LogP contribution in [0.1, 0.15) is 133 Å². The van der Waals surface area contributed by atoms with Crippen molar-refractivity contribution in [2.24, 2.45) is 13.0 Å². The van der Waals surface area contributed by atoms with Crippen molar-refractivity contribution in [2.45, 2.75) is 152 Å². The van der Waals surface area contributed by atoms with Gasteiger partial charge in [0, 0.05) is 82.1 Å². The lowest BCUT2D eigenvalue weighted by atomic mass is 9.78. The van der Waals surface area contributed by atoms with Gasteiger partial charge in [-0.15, -0.1) is 0 Å². The first-order valence-corrected chi connectivity index (χ1v) is 23.5. The number of imide groups is 1. The predicted molar refractivity (Wildman–Crippen MR) is 237 cm³/mol. The number of fused-ring (bicyclic) bond motifs is 2. The maximum atomic E-state index is 13.1. The van der Waals surface area contributed by atoms with E-state index in [2.05, 4.69) is 51.2 Å². The third-order valence-electron chi connectivity index (χ3n) is 15.0. The fraction of sp³-hybridized carbons (Fsp3) is 0.681. The minimum atomic E-state index is -0.674. The van der Waals surface area contributed by atoms with Gasteiger partial charge in [-0.05, 0) is 125 Å². The Morgan fingerprint density at radius 1 is 0.951 bits per heavy atom. The molecule has 14 nitrogen and oxygen atoms in total. The molecule has 3 aliphatic carbocycles. The monoisotopic (exact) mass is 838 g/mol. The van der Waals surface area contributed by atoms with Crippen molar-refractivity contribution in [1.82, 2.24) is 38.8 Å². The van der Waals surface area contributed by atoms with Crippen molar-refractivity contribution < 1.29 is 19.4 Å². The third-order valence-corrected chi connectivity index (χ3v) is 15.0. The summed E-state index contributed by atoms with van der Waals surface area (Å²) in [5.41, 5.74) is 4.85. The molecule has 3 N–H and O–H groups in total. The summed E-state index contributed by atoms with van der Waals surface area (Å²) in [6.07, 6.45) is 19.0. The molecule has 61 heavy (non-hydrogen) atoms. The second-order valence-corrected chi connectivity index (χ2v) is 19.1. The van der Waals surface area contributed by atoms with Crippen molar-refractivity contribution in [3.05, 3.63) is 52.2 Å². The molecule has 2 aliphatic heterocycles. The third kappa shape index (κ3) is 9.05. The molecule has 3 saturated carbocycles. The number of aryl methyl sites for hydroxylation is 1. The number of carbonyl (C=O) groups excluding carboxylic acids is 2. The van der Waals surface area contributed by atoms with Gasteiger partial charge < -0.3 is 24.6 Å². The van der Waals surface area contributed by atoms with Crippen molar-refractivity contribution >= 4 is 39.8 Å². The Kier molecular flexibility index (Phi) is 12.7. The molecule has 9 rings (SSSR count). The van der Waals surface area contributed by atoms with Crippen LogP contribution in [-0.4, -0.2) is 114 Å². The lowest BCUT2D eigenvalue weighted by Gasteiger charge is -2.46. The van der Waals surface area contributed by atoms with Crippen LogP contribution in [0.25, 0.3) is 22.1 Å². The summed E-state index contributed by atoms with van der Waals surface area (Å²) in [6.45, 7) is 10.8. The summed E-state index contributed by atoms with van der Waals surface area (Å²) in [5, 5.41) is 17.4. The van der Waals surface area contributed by atoms with Gasteiger partial charge in [-0.2, -0.15) is 4.98 Å². The van der Waals surface area contributed by atoms with E-state index in [0.717, 1.165) is 113 Å². The zero-order valence-electron chi connectivity index (χ0n) is 36.6. The fourth-order valence-corrected chi connectivity index (χ4v) is 11.2. The van der Waals surface area contributed by atoms with E-state index >= 15 is 0 Å². The fourth-order valence-electron chi connectivity index (χ4n) is 11.2. The Labute approximate surface area is 359 Å². The first-order chi connectivity index (χ1) is 29.6. The first kappa shape index (κ1) is 42.2. The number of carbonyl (C=O) groups is 2. The van der Waals surface area contributed by atoms with Gasteiger partial charge in [0.2, 0.25) is 17.8 Å². The number of hydrogen-bond acceptors (Lipinski definition) is 10. The van der Waals surface area contributed by atoms with Crippen molar-refractivity contribution in [1.29, 1.82) is 0 Å². The number of hydrogen-bond donors (Lipinski definition) is 3. The Bertz CT molecular complexity index is 2240. The summed E-state index contributed by atoms with van der Waals surface area (Å²) >= 11 is 0. The van der Waals surface area contributed by atoms with Crippen LogP contribution < -0.4 is 16.3 Å². The quantitative estimate of drug-likeness (QED) is 0.133. The van der Waals surface area contributed by atoms with Crippen molar-refractivity contribution in [3.8, 4) is 0 Å². The van der Waals surface area contributed by atoms with Gasteiger partial charge in [0.15, 0.2) is 0 Å². The molecule has 1 aromatic carbocycles. The molecule has 2 saturated heterocycles. The molecular formula is C47H67N9O5. The molecule has 5 fully saturated rings. The first-order valence-electron chi connectivity index (χ1n) is 23.5. The number of nitrogens with zero attached hydrogens (tertiary/aromatic N) is 7. The van der Waals surface area contributed by atoms with E-state index < -0.39 is 11.9 Å². The molecule has 2 atom stereocenters. The number of rotatable bonds is 14. The number of nitrogens with one attached hydrogen (secondary N) is 2. The summed E-state index contributed by atoms with van der Waals surface area (Å²) in [6, 6.07) is 6.62. The van der Waals surface area contributed by atoms with E-state index in [1.165, 1.54) is 47.7 Å². The molecule has 5 heterocycles. The molecule has 4 aromatic rings. The van der Waals surface area contributed by atoms with E-state index in [9.17, 15) is 19.5 Å². The normalized spacial score (nSPS) is 28.6. The van der Waals surface area contributed by atoms with Crippen LogP contribution in [0.4, 0.5) is 5.95 Å². The van der Waals surface area contributed by atoms with Gasteiger partial charge in [0.25, 0.3) is 0 Å². The van der Waals surface area contributed by atoms with Crippen LogP contribution in [0.15, 0.2) is 35.4 Å². The predicted octanol–water partition coefficient (Wildman–Crippen LogP) is 5.82. The topological polar surface area (TPSA) is 152 Å². The molecular weight excluding hydrogens is 771 g/mol. The summed E-state index contributed by atoms with van der Waals surface area (Å²) in [5.74, 6) is 1.32. The average Bonchev–Trinajstić information content (AvgIpc) is 3.73. The van der Waals surface area contributed by atoms with Crippen LogP contribution >= 0.6 is 0 Å². The lowest BCUT2D eigenvalue weighted by Crippen LogP contribution is -2.56. The minimum absolute atomic E-state index is 0.174. The van der Waals surface area contributed by atoms with E-state index in [1.54, 1.807) is 11.6 Å². The molecule has 2 amide bonds. The smallest absolute Gasteiger partial charge is 0.329 e. The number of aliphatic hydroxyl groups excluding tert-OH is 1. The van der Waals surface area contributed by atoms with E-state index in [-0.39, 0.29) is 24.1 Å². The molecule has 330 valence electrons. The number of aromatic nitrogens is 5. The number of aliphatic hydroxyl groups is 1. The van der Waals surface area contributed by atoms with Gasteiger partial charge in [-0.3, -0.25) is 28.9 Å². The van der Waals surface area contributed by atoms with E-state index in [0.29, 0.717) is 48.7 Å². The van der Waals surface area contributed by atoms with Gasteiger partial charge in [0.05, 0.1) is 29.8 Å². The number of ether oxygens (including phenoxy) is 1. The Morgan fingerprint density at radius 2 is 1.72 bits per heavy atom. The summed E-state index contributed by atoms with van der Waals surface area (Å²) in [4.78, 5) is 52.7. The van der Waals surface area contributed by atoms with Crippen molar-refractivity contribution in [3.63, 3.8) is 0 Å². The number of piperazine rings is 1. The molecule has 1 unspecified atom stereocenters. The Morgan fingerprint density at radius 3 is 2.46 bits per heavy atom. The largest absolute Gasteiger partial charge is 0.393 e. The molecule has 5 aliphatic rings. The zero-order valence-corrected chi connectivity index (χ0v) is 36.6. The second-order valence-electron chi connectivity index (χ2n) is 19.1. The Balaban J connectivity index is 0.715. The van der Waals surface area contributed by atoms with Gasteiger partial charge in [-0.1, -0.05) is 19.4 Å². The maximum Gasteiger partial charge on any atom is 0.329 e. The number of imidazole rings is 1. The molecule has 3 aromatic heterocycles. The highest BCUT2D eigenvalue weighted by atomic mass is 16.5. The van der Waals surface area contributed by atoms with Crippen LogP contribution in [0.2, 0.25) is 0 Å². The molecule has 14 heteroatoms. The molecule has 0 spiro atoms. The SMILES string of the molecule is CCC[C@H](C)Nc1ncc2c(C3CCC(CN4CCN(C5CC(OCCc6ccc7c(c6)n(C)c(=O)n7C6CCC(=O)NC6=O)C5)CC4)CC3)cn(C3CCC(O)CC3)c2n1. The number of piperidine rings is 1. The summed E-state index contributed by atoms with van der Waals surface area (Å²) in [7, 11) is 1.73. The number of benzene rings is 1. The zero-order chi connectivity index (χ0) is 42.2. The molecule has 0 bridgehead atoms. The van der Waals surface area contributed by atoms with Crippen LogP contribution in [-0.2, 0) is 27.8 Å². The van der Waals surface area contributed by atoms with Gasteiger partial charge in [-0.25, -0.2) is 9.78 Å². The van der Waals surface area contributed by atoms with Gasteiger partial charge >= 0.3 is 5.69 Å². The van der Waals surface area contributed by atoms with Gasteiger partial charge in [0.1, 0.15) is 11.7 Å². The average molecular weight is 838 g/mol. The van der Waals surface area contributed by atoms with Crippen molar-refractivity contribution in [2.75, 3.05) is 44.6 Å². The summed E-state index contributed by atoms with van der Waals surface area (Å²) < 4.78 is 11.9. The molecule has 0 radical (unpaired) electrons. The highest BCUT2D eigenvalue weighted by Crippen LogP contribution is 2.42. The maximum absolute atomic E-state index is 13.1. The highest BCUT2D eigenvalue weighted by molar-refractivity contribution is 6.00. The van der Waals surface area contributed by atoms with E-state index in [4.69, 9.17) is 14.7 Å². The number of amides is 2. The highest BCUT2D eigenvalue weighted by Gasteiger charge is 2.37. The van der Waals surface area contributed by atoms with Crippen LogP contribution in [0.5, 0.6) is 0 Å². The number of anilines is 1. The Hall–Kier alpha value is -4.11. The van der Waals surface area contributed by atoms with Crippen LogP contribution in [0.3, 0.4) is 0 Å². The second kappa shape index (κ2) is 18.3. The van der Waals surface area contributed by atoms with E-state index in [1.807, 2.05) is 18.2 Å². The standard InChI is InChI=1S/C47H67N9O5/c1-4-5-30(2)49-46-48-27-38-39(29-55(44(38)51-46)34-11-13-36(57)14-12-34)33-9-6-32(7-10-33)28-53-19-21-54(22-20-53)35-25-37(26-35)61-23-18-31-8-15-40-42(24-31)52(3)47(60)56(40)41-16-17-43(58)50-45(41)59/h8,15,24,27,29-30,32-37,41,57H,4-7,9-14,16-23,25-26,28H2,1-3H3,(H,48,49,51)(H,50,58,59)/t30-,32?,33?,34?,35?,36?,37?,41?/m0/s1. The van der Waals surface area contributed by atoms with Crippen LogP contribution in [0, 0.1) is 5.92 Å².